The number of fused-ring (bicyclic) bond motifs is 2. The lowest BCUT2D eigenvalue weighted by Gasteiger charge is -2.47. The smallest absolute Gasteiger partial charge is 0.0951 e. The number of nitrogens with two attached hydrogens (primary N) is 1. The monoisotopic (exact) mass is 248 g/mol. The molecule has 4 heteroatoms. The van der Waals surface area contributed by atoms with Crippen LogP contribution < -0.4 is 5.73 Å². The van der Waals surface area contributed by atoms with Crippen molar-refractivity contribution >= 4 is 0 Å². The van der Waals surface area contributed by atoms with Gasteiger partial charge in [-0.25, -0.2) is 4.98 Å². The van der Waals surface area contributed by atoms with Crippen LogP contribution in [0.15, 0.2) is 12.5 Å². The molecule has 18 heavy (non-hydrogen) atoms. The summed E-state index contributed by atoms with van der Waals surface area (Å²) in [6, 6.07) is 2.18. The first-order valence-corrected chi connectivity index (χ1v) is 7.16. The number of aromatic nitrogens is 2. The Balaban J connectivity index is 1.83. The van der Waals surface area contributed by atoms with E-state index in [1.54, 1.807) is 0 Å². The molecule has 2 aliphatic rings. The van der Waals surface area contributed by atoms with Crippen LogP contribution >= 0.6 is 0 Å². The van der Waals surface area contributed by atoms with Crippen LogP contribution in [0.3, 0.4) is 0 Å². The van der Waals surface area contributed by atoms with Crippen molar-refractivity contribution in [3.05, 3.63) is 18.2 Å². The first kappa shape index (κ1) is 12.2. The zero-order chi connectivity index (χ0) is 12.7. The summed E-state index contributed by atoms with van der Waals surface area (Å²) in [5, 5.41) is 0. The first-order valence-electron chi connectivity index (χ1n) is 7.16. The zero-order valence-electron chi connectivity index (χ0n) is 11.4. The third-order valence-corrected chi connectivity index (χ3v) is 4.87. The van der Waals surface area contributed by atoms with Gasteiger partial charge in [-0.15, -0.1) is 0 Å². The van der Waals surface area contributed by atoms with Gasteiger partial charge in [0.25, 0.3) is 0 Å². The molecule has 0 spiro atoms. The molecule has 1 aromatic heterocycles. The van der Waals surface area contributed by atoms with Crippen LogP contribution in [-0.2, 0) is 0 Å². The van der Waals surface area contributed by atoms with Gasteiger partial charge in [-0.2, -0.15) is 0 Å². The Bertz CT molecular complexity index is 398. The Morgan fingerprint density at radius 1 is 1.28 bits per heavy atom. The molecule has 2 N–H and O–H groups in total. The molecule has 1 aromatic rings. The second-order valence-corrected chi connectivity index (χ2v) is 6.04. The summed E-state index contributed by atoms with van der Waals surface area (Å²) in [4.78, 5) is 6.90. The normalized spacial score (nSPS) is 34.5. The molecule has 3 heterocycles. The van der Waals surface area contributed by atoms with Crippen LogP contribution in [0.25, 0.3) is 0 Å². The molecule has 2 fully saturated rings. The molecule has 100 valence electrons. The lowest BCUT2D eigenvalue weighted by Crippen LogP contribution is -2.50. The minimum atomic E-state index is 0.0759. The van der Waals surface area contributed by atoms with E-state index in [1.165, 1.54) is 37.8 Å². The van der Waals surface area contributed by atoms with E-state index >= 15 is 0 Å². The third-order valence-electron chi connectivity index (χ3n) is 4.87. The van der Waals surface area contributed by atoms with Crippen molar-refractivity contribution in [2.45, 2.75) is 63.2 Å². The molecular formula is C14H24N4. The van der Waals surface area contributed by atoms with Crippen molar-refractivity contribution in [2.24, 2.45) is 5.73 Å². The molecule has 0 radical (unpaired) electrons. The van der Waals surface area contributed by atoms with Gasteiger partial charge >= 0.3 is 0 Å². The number of hydrogen-bond donors (Lipinski definition) is 1. The third kappa shape index (κ3) is 1.97. The van der Waals surface area contributed by atoms with E-state index in [-0.39, 0.29) is 6.04 Å². The second-order valence-electron chi connectivity index (χ2n) is 6.04. The molecule has 2 bridgehead atoms. The Labute approximate surface area is 109 Å². The highest BCUT2D eigenvalue weighted by Crippen LogP contribution is 2.38. The summed E-state index contributed by atoms with van der Waals surface area (Å²) in [7, 11) is 2.30. The van der Waals surface area contributed by atoms with Gasteiger partial charge in [-0.1, -0.05) is 6.42 Å². The quantitative estimate of drug-likeness (QED) is 0.872. The van der Waals surface area contributed by atoms with Crippen molar-refractivity contribution < 1.29 is 0 Å². The van der Waals surface area contributed by atoms with Gasteiger partial charge in [-0.05, 0) is 39.7 Å². The number of hydrogen-bond acceptors (Lipinski definition) is 3. The van der Waals surface area contributed by atoms with Gasteiger partial charge < -0.3 is 15.2 Å². The van der Waals surface area contributed by atoms with Crippen LogP contribution in [-0.4, -0.2) is 33.6 Å². The molecule has 2 saturated heterocycles. The molecule has 0 aliphatic carbocycles. The fraction of sp³-hybridized carbons (Fsp3) is 0.786. The minimum Gasteiger partial charge on any atom is -0.330 e. The van der Waals surface area contributed by atoms with Crippen molar-refractivity contribution in [3.8, 4) is 0 Å². The maximum absolute atomic E-state index is 6.04. The number of nitrogens with zero attached hydrogens (tertiary/aromatic N) is 3. The van der Waals surface area contributed by atoms with Gasteiger partial charge in [0.2, 0.25) is 0 Å². The van der Waals surface area contributed by atoms with Crippen molar-refractivity contribution in [3.63, 3.8) is 0 Å². The summed E-state index contributed by atoms with van der Waals surface area (Å²) < 4.78 is 2.34. The molecule has 0 aromatic carbocycles. The van der Waals surface area contributed by atoms with Gasteiger partial charge in [-0.3, -0.25) is 0 Å². The molecule has 0 amide bonds. The second kappa shape index (κ2) is 4.67. The number of rotatable bonds is 2. The predicted octanol–water partition coefficient (Wildman–Crippen LogP) is 2.09. The zero-order valence-corrected chi connectivity index (χ0v) is 11.4. The van der Waals surface area contributed by atoms with Gasteiger partial charge in [0, 0.05) is 30.4 Å². The molecule has 2 unspecified atom stereocenters. The Hall–Kier alpha value is -0.870. The molecule has 0 saturated carbocycles. The Morgan fingerprint density at radius 3 is 2.56 bits per heavy atom. The van der Waals surface area contributed by atoms with E-state index < -0.39 is 0 Å². The molecule has 3 atom stereocenters. The van der Waals surface area contributed by atoms with E-state index in [4.69, 9.17) is 5.73 Å². The van der Waals surface area contributed by atoms with E-state index in [2.05, 4.69) is 21.5 Å². The lowest BCUT2D eigenvalue weighted by atomic mass is 9.82. The highest BCUT2D eigenvalue weighted by Gasteiger charge is 2.37. The molecule has 2 aliphatic heterocycles. The maximum Gasteiger partial charge on any atom is 0.0951 e. The minimum absolute atomic E-state index is 0.0759. The Kier molecular flexibility index (Phi) is 3.16. The largest absolute Gasteiger partial charge is 0.330 e. The fourth-order valence-corrected chi connectivity index (χ4v) is 3.79. The number of piperidine rings is 2. The standard InChI is InChI=1S/C14H24N4/c1-10(15)14-8-16-9-18(14)13-6-11-4-3-5-12(7-13)17(11)2/h8-13H,3-7,15H2,1-2H3/t10-,11?,12?,13?/m0/s1. The van der Waals surface area contributed by atoms with Crippen molar-refractivity contribution in [2.75, 3.05) is 7.05 Å². The van der Waals surface area contributed by atoms with Crippen LogP contribution in [0.5, 0.6) is 0 Å². The SMILES string of the molecule is C[C@H](N)c1cncn1C1CC2CCCC(C1)N2C. The van der Waals surface area contributed by atoms with E-state index in [1.807, 2.05) is 19.4 Å². The first-order chi connectivity index (χ1) is 8.66. The van der Waals surface area contributed by atoms with Gasteiger partial charge in [0.15, 0.2) is 0 Å². The van der Waals surface area contributed by atoms with Crippen LogP contribution in [0.2, 0.25) is 0 Å². The average Bonchev–Trinajstić information content (AvgIpc) is 2.77. The van der Waals surface area contributed by atoms with Crippen molar-refractivity contribution in [1.29, 1.82) is 0 Å². The molecule has 4 nitrogen and oxygen atoms in total. The van der Waals surface area contributed by atoms with Crippen molar-refractivity contribution in [1.82, 2.24) is 14.5 Å². The fourth-order valence-electron chi connectivity index (χ4n) is 3.79. The summed E-state index contributed by atoms with van der Waals surface area (Å²) in [6.07, 6.45) is 10.5. The van der Waals surface area contributed by atoms with Crippen LogP contribution in [0, 0.1) is 0 Å². The summed E-state index contributed by atoms with van der Waals surface area (Å²) in [5.41, 5.74) is 7.22. The van der Waals surface area contributed by atoms with Crippen LogP contribution in [0.1, 0.15) is 56.8 Å². The predicted molar refractivity (Wildman–Crippen MR) is 72.3 cm³/mol. The molecule has 3 rings (SSSR count). The average molecular weight is 248 g/mol. The molecular weight excluding hydrogens is 224 g/mol. The number of imidazole rings is 1. The highest BCUT2D eigenvalue weighted by molar-refractivity contribution is 5.07. The topological polar surface area (TPSA) is 47.1 Å². The summed E-state index contributed by atoms with van der Waals surface area (Å²) in [5.74, 6) is 0. The lowest BCUT2D eigenvalue weighted by molar-refractivity contribution is 0.0392. The van der Waals surface area contributed by atoms with Crippen LogP contribution in [0.4, 0.5) is 0 Å². The van der Waals surface area contributed by atoms with Gasteiger partial charge in [0.05, 0.1) is 12.0 Å². The Morgan fingerprint density at radius 2 is 1.94 bits per heavy atom. The maximum atomic E-state index is 6.04. The highest BCUT2D eigenvalue weighted by atomic mass is 15.2. The van der Waals surface area contributed by atoms with E-state index in [9.17, 15) is 0 Å². The summed E-state index contributed by atoms with van der Waals surface area (Å²) in [6.45, 7) is 2.04. The summed E-state index contributed by atoms with van der Waals surface area (Å²) >= 11 is 0. The van der Waals surface area contributed by atoms with Gasteiger partial charge in [0.1, 0.15) is 0 Å². The van der Waals surface area contributed by atoms with E-state index in [0.29, 0.717) is 6.04 Å². The van der Waals surface area contributed by atoms with E-state index in [0.717, 1.165) is 12.1 Å².